The minimum atomic E-state index is -3.24. The molecule has 1 fully saturated rings. The predicted molar refractivity (Wildman–Crippen MR) is 117 cm³/mol. The zero-order chi connectivity index (χ0) is 21.6. The van der Waals surface area contributed by atoms with Crippen molar-refractivity contribution in [2.75, 3.05) is 18.8 Å². The second-order valence-electron chi connectivity index (χ2n) is 7.70. The lowest BCUT2D eigenvalue weighted by Gasteiger charge is -2.30. The smallest absolute Gasteiger partial charge is 0.242 e. The molecule has 1 aliphatic rings. The first-order chi connectivity index (χ1) is 14.4. The van der Waals surface area contributed by atoms with Crippen molar-refractivity contribution in [1.29, 1.82) is 0 Å². The van der Waals surface area contributed by atoms with E-state index in [2.05, 4.69) is 10.9 Å². The lowest BCUT2D eigenvalue weighted by Crippen LogP contribution is -2.48. The van der Waals surface area contributed by atoms with Gasteiger partial charge in [0.05, 0.1) is 12.2 Å². The molecule has 2 aromatic rings. The van der Waals surface area contributed by atoms with Gasteiger partial charge in [0.15, 0.2) is 0 Å². The molecule has 3 rings (SSSR count). The molecule has 0 atom stereocenters. The van der Waals surface area contributed by atoms with Crippen LogP contribution in [-0.2, 0) is 26.0 Å². The number of nitrogens with one attached hydrogen (secondary N) is 2. The van der Waals surface area contributed by atoms with Crippen LogP contribution in [0.1, 0.15) is 38.2 Å². The Bertz CT molecular complexity index is 993. The number of carbonyl (C=O) groups is 2. The maximum absolute atomic E-state index is 12.4. The third-order valence-corrected chi connectivity index (χ3v) is 7.49. The first-order valence-corrected chi connectivity index (χ1v) is 12.0. The summed E-state index contributed by atoms with van der Waals surface area (Å²) < 4.78 is 26.0. The number of carbonyl (C=O) groups excluding carboxylic acids is 2. The molecule has 162 valence electrons. The number of amides is 2. The molecule has 2 N–H and O–H groups in total. The van der Waals surface area contributed by atoms with Crippen LogP contribution in [0, 0.1) is 5.92 Å². The van der Waals surface area contributed by atoms with E-state index in [1.54, 1.807) is 0 Å². The van der Waals surface area contributed by atoms with Crippen molar-refractivity contribution >= 4 is 32.6 Å². The van der Waals surface area contributed by atoms with Crippen molar-refractivity contribution in [3.63, 3.8) is 0 Å². The lowest BCUT2D eigenvalue weighted by molar-refractivity contribution is -0.131. The second-order valence-corrected chi connectivity index (χ2v) is 9.78. The van der Waals surface area contributed by atoms with Gasteiger partial charge in [-0.2, -0.15) is 0 Å². The summed E-state index contributed by atoms with van der Waals surface area (Å²) in [5, 5.41) is 2.07. The van der Waals surface area contributed by atoms with Gasteiger partial charge in [-0.05, 0) is 35.6 Å². The number of piperidine rings is 1. The fourth-order valence-corrected chi connectivity index (χ4v) is 5.43. The Balaban J connectivity index is 1.47. The maximum atomic E-state index is 12.4. The van der Waals surface area contributed by atoms with Gasteiger partial charge >= 0.3 is 0 Å². The molecule has 0 radical (unpaired) electrons. The van der Waals surface area contributed by atoms with E-state index in [0.29, 0.717) is 32.4 Å². The number of hydrogen-bond acceptors (Lipinski definition) is 4. The van der Waals surface area contributed by atoms with Crippen molar-refractivity contribution in [2.45, 2.75) is 39.0 Å². The molecule has 1 heterocycles. The molecular formula is C22H29N3O4S. The molecule has 8 heteroatoms. The van der Waals surface area contributed by atoms with Gasteiger partial charge in [0.2, 0.25) is 21.8 Å². The van der Waals surface area contributed by atoms with Crippen molar-refractivity contribution in [3.05, 3.63) is 48.0 Å². The second kappa shape index (κ2) is 10.0. The Hall–Kier alpha value is -2.45. The van der Waals surface area contributed by atoms with Gasteiger partial charge in [0.1, 0.15) is 0 Å². The monoisotopic (exact) mass is 431 g/mol. The van der Waals surface area contributed by atoms with Crippen LogP contribution in [0.4, 0.5) is 0 Å². The zero-order valence-corrected chi connectivity index (χ0v) is 18.1. The van der Waals surface area contributed by atoms with E-state index >= 15 is 0 Å². The van der Waals surface area contributed by atoms with Gasteiger partial charge in [-0.15, -0.1) is 0 Å². The highest BCUT2D eigenvalue weighted by molar-refractivity contribution is 7.89. The largest absolute Gasteiger partial charge is 0.273 e. The summed E-state index contributed by atoms with van der Waals surface area (Å²) in [5.41, 5.74) is 5.89. The Kier molecular flexibility index (Phi) is 7.44. The highest BCUT2D eigenvalue weighted by Gasteiger charge is 2.30. The summed E-state index contributed by atoms with van der Waals surface area (Å²) in [7, 11) is -3.24. The summed E-state index contributed by atoms with van der Waals surface area (Å²) in [6.45, 7) is 2.64. The summed E-state index contributed by atoms with van der Waals surface area (Å²) >= 11 is 0. The average molecular weight is 432 g/mol. The predicted octanol–water partition coefficient (Wildman–Crippen LogP) is 2.37. The van der Waals surface area contributed by atoms with Crippen molar-refractivity contribution in [3.8, 4) is 0 Å². The van der Waals surface area contributed by atoms with Crippen LogP contribution in [0.5, 0.6) is 0 Å². The number of nitrogens with zero attached hydrogens (tertiary/aromatic N) is 1. The van der Waals surface area contributed by atoms with E-state index < -0.39 is 10.0 Å². The van der Waals surface area contributed by atoms with Crippen molar-refractivity contribution < 1.29 is 18.0 Å². The number of fused-ring (bicyclic) bond motifs is 1. The highest BCUT2D eigenvalue weighted by Crippen LogP contribution is 2.21. The standard InChI is InChI=1S/C22H29N3O4S/c1-2-3-15-30(28,29)25-13-11-18(12-14-25)22(27)24-23-21(26)16-19-9-6-8-17-7-4-5-10-20(17)19/h4-10,18H,2-3,11-16H2,1H3,(H,23,26)(H,24,27). The molecule has 2 amide bonds. The number of unbranched alkanes of at least 4 members (excludes halogenated alkanes) is 1. The van der Waals surface area contributed by atoms with Gasteiger partial charge in [-0.25, -0.2) is 12.7 Å². The minimum absolute atomic E-state index is 0.157. The fourth-order valence-electron chi connectivity index (χ4n) is 3.75. The third-order valence-electron chi connectivity index (χ3n) is 5.53. The molecule has 1 saturated heterocycles. The van der Waals surface area contributed by atoms with Crippen LogP contribution >= 0.6 is 0 Å². The highest BCUT2D eigenvalue weighted by atomic mass is 32.2. The van der Waals surface area contributed by atoms with Crippen LogP contribution in [0.2, 0.25) is 0 Å². The summed E-state index contributed by atoms with van der Waals surface area (Å²) in [5.74, 6) is -0.712. The van der Waals surface area contributed by atoms with Gasteiger partial charge < -0.3 is 0 Å². The maximum Gasteiger partial charge on any atom is 0.242 e. The number of hydrazine groups is 1. The van der Waals surface area contributed by atoms with E-state index in [9.17, 15) is 18.0 Å². The molecule has 0 unspecified atom stereocenters. The number of benzene rings is 2. The Morgan fingerprint density at radius 2 is 1.73 bits per heavy atom. The third kappa shape index (κ3) is 5.58. The SMILES string of the molecule is CCCCS(=O)(=O)N1CCC(C(=O)NNC(=O)Cc2cccc3ccccc23)CC1. The topological polar surface area (TPSA) is 95.6 Å². The Morgan fingerprint density at radius 3 is 2.47 bits per heavy atom. The molecule has 7 nitrogen and oxygen atoms in total. The fraction of sp³-hybridized carbons (Fsp3) is 0.455. The van der Waals surface area contributed by atoms with E-state index in [1.807, 2.05) is 49.4 Å². The van der Waals surface area contributed by atoms with Crippen molar-refractivity contribution in [2.24, 2.45) is 5.92 Å². The molecule has 0 saturated carbocycles. The first kappa shape index (κ1) is 22.2. The Morgan fingerprint density at radius 1 is 1.03 bits per heavy atom. The van der Waals surface area contributed by atoms with Gasteiger partial charge in [0, 0.05) is 19.0 Å². The quantitative estimate of drug-likeness (QED) is 0.658. The van der Waals surface area contributed by atoms with Crippen LogP contribution < -0.4 is 10.9 Å². The van der Waals surface area contributed by atoms with E-state index in [-0.39, 0.29) is 29.9 Å². The Labute approximate surface area is 177 Å². The molecule has 2 aromatic carbocycles. The van der Waals surface area contributed by atoms with E-state index in [0.717, 1.165) is 22.8 Å². The summed E-state index contributed by atoms with van der Waals surface area (Å²) in [4.78, 5) is 24.7. The number of hydrogen-bond donors (Lipinski definition) is 2. The van der Waals surface area contributed by atoms with E-state index in [4.69, 9.17) is 0 Å². The number of sulfonamides is 1. The van der Waals surface area contributed by atoms with Gasteiger partial charge in [-0.1, -0.05) is 55.8 Å². The lowest BCUT2D eigenvalue weighted by atomic mass is 9.97. The minimum Gasteiger partial charge on any atom is -0.273 e. The van der Waals surface area contributed by atoms with Crippen molar-refractivity contribution in [1.82, 2.24) is 15.2 Å². The zero-order valence-electron chi connectivity index (χ0n) is 17.3. The average Bonchev–Trinajstić information content (AvgIpc) is 2.76. The molecule has 0 aromatic heterocycles. The summed E-state index contributed by atoms with van der Waals surface area (Å²) in [6.07, 6.45) is 2.55. The molecule has 0 spiro atoms. The normalized spacial score (nSPS) is 15.8. The molecule has 30 heavy (non-hydrogen) atoms. The van der Waals surface area contributed by atoms with Crippen LogP contribution in [0.3, 0.4) is 0 Å². The van der Waals surface area contributed by atoms with Gasteiger partial charge in [0.25, 0.3) is 0 Å². The first-order valence-electron chi connectivity index (χ1n) is 10.4. The molecule has 0 bridgehead atoms. The van der Waals surface area contributed by atoms with Crippen LogP contribution in [0.25, 0.3) is 10.8 Å². The van der Waals surface area contributed by atoms with Crippen LogP contribution in [0.15, 0.2) is 42.5 Å². The summed E-state index contributed by atoms with van der Waals surface area (Å²) in [6, 6.07) is 13.6. The molecule has 1 aliphatic heterocycles. The molecule has 0 aliphatic carbocycles. The van der Waals surface area contributed by atoms with Gasteiger partial charge in [-0.3, -0.25) is 20.4 Å². The van der Waals surface area contributed by atoms with Crippen LogP contribution in [-0.4, -0.2) is 43.4 Å². The molecular weight excluding hydrogens is 402 g/mol. The van der Waals surface area contributed by atoms with E-state index in [1.165, 1.54) is 4.31 Å². The number of rotatable bonds is 7.